The van der Waals surface area contributed by atoms with Crippen molar-refractivity contribution in [1.29, 1.82) is 0 Å². The normalized spacial score (nSPS) is 10.5. The molecule has 1 aromatic carbocycles. The van der Waals surface area contributed by atoms with Crippen LogP contribution in [-0.4, -0.2) is 37.0 Å². The Balaban J connectivity index is 1.37. The van der Waals surface area contributed by atoms with Crippen LogP contribution in [0.5, 0.6) is 0 Å². The van der Waals surface area contributed by atoms with Gasteiger partial charge in [0.2, 0.25) is 0 Å². The van der Waals surface area contributed by atoms with Gasteiger partial charge in [0.1, 0.15) is 17.0 Å². The maximum atomic E-state index is 12.2. The van der Waals surface area contributed by atoms with Gasteiger partial charge in [0.05, 0.1) is 10.6 Å². The van der Waals surface area contributed by atoms with Crippen molar-refractivity contribution in [2.24, 2.45) is 0 Å². The van der Waals surface area contributed by atoms with Gasteiger partial charge in [-0.25, -0.2) is 9.67 Å². The van der Waals surface area contributed by atoms with E-state index in [4.69, 9.17) is 0 Å². The Morgan fingerprint density at radius 1 is 1.00 bits per heavy atom. The van der Waals surface area contributed by atoms with E-state index < -0.39 is 11.8 Å². The predicted molar refractivity (Wildman–Crippen MR) is 99.5 cm³/mol. The molecule has 134 valence electrons. The third-order valence-electron chi connectivity index (χ3n) is 3.50. The molecule has 9 nitrogen and oxygen atoms in total. The summed E-state index contributed by atoms with van der Waals surface area (Å²) in [5.74, 6) is -0.923. The Kier molecular flexibility index (Phi) is 4.68. The van der Waals surface area contributed by atoms with Crippen LogP contribution in [0.1, 0.15) is 20.8 Å². The highest BCUT2D eigenvalue weighted by Crippen LogP contribution is 2.27. The highest BCUT2D eigenvalue weighted by atomic mass is 32.1. The average Bonchev–Trinajstić information content (AvgIpc) is 3.47. The van der Waals surface area contributed by atoms with Gasteiger partial charge in [-0.05, 0) is 46.1 Å². The van der Waals surface area contributed by atoms with E-state index in [-0.39, 0.29) is 5.69 Å². The summed E-state index contributed by atoms with van der Waals surface area (Å²) in [4.78, 5) is 29.6. The first-order valence-corrected chi connectivity index (χ1v) is 9.40. The number of tetrazole rings is 1. The quantitative estimate of drug-likeness (QED) is 0.509. The summed E-state index contributed by atoms with van der Waals surface area (Å²) in [7, 11) is 0. The van der Waals surface area contributed by atoms with E-state index in [1.54, 1.807) is 41.0 Å². The highest BCUT2D eigenvalue weighted by molar-refractivity contribution is 7.20. The fraction of sp³-hybridized carbons (Fsp3) is 0. The Hall–Kier alpha value is -3.44. The number of benzene rings is 1. The number of thiophene rings is 1. The van der Waals surface area contributed by atoms with Gasteiger partial charge in [-0.2, -0.15) is 0 Å². The van der Waals surface area contributed by atoms with Gasteiger partial charge in [-0.1, -0.05) is 6.07 Å². The SMILES string of the molecule is O=C(NNC(=O)c1csc(-c2cccs2)n1)c1ccc(-n2cnnn2)cc1. The van der Waals surface area contributed by atoms with Gasteiger partial charge in [0.15, 0.2) is 0 Å². The van der Waals surface area contributed by atoms with Crippen molar-refractivity contribution in [3.63, 3.8) is 0 Å². The van der Waals surface area contributed by atoms with Crippen molar-refractivity contribution in [3.8, 4) is 15.6 Å². The van der Waals surface area contributed by atoms with Crippen LogP contribution in [0.4, 0.5) is 0 Å². The zero-order valence-corrected chi connectivity index (χ0v) is 15.2. The largest absolute Gasteiger partial charge is 0.289 e. The molecule has 0 radical (unpaired) electrons. The molecule has 0 aliphatic rings. The van der Waals surface area contributed by atoms with Gasteiger partial charge in [0.25, 0.3) is 11.8 Å². The molecule has 0 aliphatic heterocycles. The highest BCUT2D eigenvalue weighted by Gasteiger charge is 2.14. The molecule has 0 atom stereocenters. The molecule has 0 saturated carbocycles. The van der Waals surface area contributed by atoms with Gasteiger partial charge in [-0.15, -0.1) is 27.8 Å². The van der Waals surface area contributed by atoms with E-state index >= 15 is 0 Å². The summed E-state index contributed by atoms with van der Waals surface area (Å²) >= 11 is 2.92. The Bertz CT molecular complexity index is 1060. The molecule has 4 aromatic rings. The lowest BCUT2D eigenvalue weighted by atomic mass is 10.2. The van der Waals surface area contributed by atoms with Crippen LogP contribution in [0.3, 0.4) is 0 Å². The van der Waals surface area contributed by atoms with E-state index in [9.17, 15) is 9.59 Å². The fourth-order valence-electron chi connectivity index (χ4n) is 2.19. The van der Waals surface area contributed by atoms with E-state index in [0.29, 0.717) is 11.3 Å². The van der Waals surface area contributed by atoms with E-state index in [0.717, 1.165) is 9.88 Å². The monoisotopic (exact) mass is 397 g/mol. The number of nitrogens with one attached hydrogen (secondary N) is 2. The third kappa shape index (κ3) is 3.73. The van der Waals surface area contributed by atoms with E-state index in [1.807, 2.05) is 17.5 Å². The minimum Gasteiger partial charge on any atom is -0.267 e. The summed E-state index contributed by atoms with van der Waals surface area (Å²) in [6.07, 6.45) is 1.45. The summed E-state index contributed by atoms with van der Waals surface area (Å²) < 4.78 is 1.47. The van der Waals surface area contributed by atoms with Crippen molar-refractivity contribution in [2.45, 2.75) is 0 Å². The summed E-state index contributed by atoms with van der Waals surface area (Å²) in [5, 5.41) is 15.2. The Morgan fingerprint density at radius 3 is 2.52 bits per heavy atom. The van der Waals surface area contributed by atoms with E-state index in [2.05, 4.69) is 31.4 Å². The minimum absolute atomic E-state index is 0.248. The van der Waals surface area contributed by atoms with Crippen LogP contribution in [0.15, 0.2) is 53.5 Å². The molecule has 2 N–H and O–H groups in total. The standard InChI is InChI=1S/C16H11N7O2S2/c24-14(10-3-5-11(6-4-10)23-9-17-21-22-23)19-20-15(25)12-8-27-16(18-12)13-2-1-7-26-13/h1-9H,(H,19,24)(H,20,25). The molecule has 4 rings (SSSR count). The first-order chi connectivity index (χ1) is 13.2. The van der Waals surface area contributed by atoms with Gasteiger partial charge in [-0.3, -0.25) is 20.4 Å². The number of nitrogens with zero attached hydrogens (tertiary/aromatic N) is 5. The first-order valence-electron chi connectivity index (χ1n) is 7.64. The third-order valence-corrected chi connectivity index (χ3v) is 5.38. The molecule has 0 aliphatic carbocycles. The molecular formula is C16H11N7O2S2. The Morgan fingerprint density at radius 2 is 1.81 bits per heavy atom. The van der Waals surface area contributed by atoms with Crippen molar-refractivity contribution in [1.82, 2.24) is 36.0 Å². The minimum atomic E-state index is -0.479. The van der Waals surface area contributed by atoms with Crippen LogP contribution in [0.2, 0.25) is 0 Å². The van der Waals surface area contributed by atoms with Gasteiger partial charge in [0, 0.05) is 10.9 Å². The average molecular weight is 397 g/mol. The predicted octanol–water partition coefficient (Wildman–Crippen LogP) is 1.92. The lowest BCUT2D eigenvalue weighted by Crippen LogP contribution is -2.41. The number of hydrazine groups is 1. The number of hydrogen-bond acceptors (Lipinski definition) is 8. The van der Waals surface area contributed by atoms with Crippen molar-refractivity contribution in [2.75, 3.05) is 0 Å². The molecule has 0 saturated heterocycles. The lowest BCUT2D eigenvalue weighted by Gasteiger charge is -2.06. The smallest absolute Gasteiger partial charge is 0.267 e. The number of thiazole rings is 1. The molecule has 11 heteroatoms. The number of rotatable bonds is 4. The van der Waals surface area contributed by atoms with Crippen molar-refractivity contribution >= 4 is 34.5 Å². The second-order valence-corrected chi connectivity index (χ2v) is 7.03. The number of carbonyl (C=O) groups is 2. The molecule has 3 heterocycles. The van der Waals surface area contributed by atoms with Crippen LogP contribution in [0, 0.1) is 0 Å². The van der Waals surface area contributed by atoms with Crippen molar-refractivity contribution < 1.29 is 9.59 Å². The zero-order chi connectivity index (χ0) is 18.6. The van der Waals surface area contributed by atoms with Crippen molar-refractivity contribution in [3.05, 3.63) is 64.7 Å². The second kappa shape index (κ2) is 7.43. The maximum Gasteiger partial charge on any atom is 0.289 e. The first kappa shape index (κ1) is 17.0. The van der Waals surface area contributed by atoms with E-state index in [1.165, 1.54) is 22.3 Å². The van der Waals surface area contributed by atoms with Crippen LogP contribution in [0.25, 0.3) is 15.6 Å². The number of hydrogen-bond donors (Lipinski definition) is 2. The van der Waals surface area contributed by atoms with Crippen LogP contribution < -0.4 is 10.9 Å². The number of carbonyl (C=O) groups excluding carboxylic acids is 2. The summed E-state index contributed by atoms with van der Waals surface area (Å²) in [6, 6.07) is 10.5. The second-order valence-electron chi connectivity index (χ2n) is 5.22. The molecule has 27 heavy (non-hydrogen) atoms. The summed E-state index contributed by atoms with van der Waals surface area (Å²) in [5.41, 5.74) is 6.09. The molecule has 2 amide bonds. The Labute approximate surface area is 160 Å². The lowest BCUT2D eigenvalue weighted by molar-refractivity contribution is 0.0844. The molecular weight excluding hydrogens is 386 g/mol. The zero-order valence-electron chi connectivity index (χ0n) is 13.6. The molecule has 0 unspecified atom stereocenters. The van der Waals surface area contributed by atoms with Gasteiger partial charge >= 0.3 is 0 Å². The summed E-state index contributed by atoms with van der Waals surface area (Å²) in [6.45, 7) is 0. The topological polar surface area (TPSA) is 115 Å². The van der Waals surface area contributed by atoms with Gasteiger partial charge < -0.3 is 0 Å². The van der Waals surface area contributed by atoms with Crippen LogP contribution >= 0.6 is 22.7 Å². The number of amides is 2. The molecule has 0 spiro atoms. The molecule has 0 bridgehead atoms. The molecule has 3 aromatic heterocycles. The number of aromatic nitrogens is 5. The molecule has 0 fully saturated rings. The maximum absolute atomic E-state index is 12.2. The van der Waals surface area contributed by atoms with Crippen LogP contribution in [-0.2, 0) is 0 Å². The fourth-order valence-corrected chi connectivity index (χ4v) is 3.80.